The third-order valence-electron chi connectivity index (χ3n) is 14.5. The molecule has 4 amide bonds. The van der Waals surface area contributed by atoms with Gasteiger partial charge in [-0.2, -0.15) is 0 Å². The zero-order valence-electron chi connectivity index (χ0n) is 41.0. The largest absolute Gasteiger partial charge is 0.497 e. The maximum atomic E-state index is 16.9. The summed E-state index contributed by atoms with van der Waals surface area (Å²) < 4.78 is 23.2. The summed E-state index contributed by atoms with van der Waals surface area (Å²) in [6.45, 7) is 4.00. The number of hydrogen-bond acceptors (Lipinski definition) is 11. The van der Waals surface area contributed by atoms with Gasteiger partial charge in [-0.05, 0) is 95.6 Å². The fourth-order valence-electron chi connectivity index (χ4n) is 11.2. The Balaban J connectivity index is 1.37. The number of ether oxygens (including phenoxy) is 4. The number of nitrogens with zero attached hydrogens (tertiary/aromatic N) is 3. The van der Waals surface area contributed by atoms with E-state index in [0.29, 0.717) is 52.4 Å². The van der Waals surface area contributed by atoms with E-state index in [1.165, 1.54) is 7.11 Å². The molecule has 0 aliphatic carbocycles. The number of urea groups is 1. The molecule has 14 heteroatoms. The molecule has 14 nitrogen and oxygen atoms in total. The number of methoxy groups -OCH3 is 2. The summed E-state index contributed by atoms with van der Waals surface area (Å²) in [6.07, 6.45) is 3.33. The van der Waals surface area contributed by atoms with Crippen LogP contribution in [0.2, 0.25) is 0 Å². The molecule has 0 aromatic heterocycles. The summed E-state index contributed by atoms with van der Waals surface area (Å²) >= 11 is 0. The average molecular weight is 973 g/mol. The minimum Gasteiger partial charge on any atom is -0.497 e. The van der Waals surface area contributed by atoms with Crippen molar-refractivity contribution in [3.05, 3.63) is 161 Å². The van der Waals surface area contributed by atoms with Gasteiger partial charge in [-0.25, -0.2) is 14.5 Å². The van der Waals surface area contributed by atoms with Gasteiger partial charge < -0.3 is 34.3 Å². The van der Waals surface area contributed by atoms with Crippen LogP contribution < -0.4 is 19.7 Å². The van der Waals surface area contributed by atoms with Gasteiger partial charge in [0.25, 0.3) is 0 Å². The van der Waals surface area contributed by atoms with Gasteiger partial charge in [0.05, 0.1) is 44.5 Å². The van der Waals surface area contributed by atoms with Crippen molar-refractivity contribution in [1.82, 2.24) is 15.1 Å². The maximum Gasteiger partial charge on any atom is 0.329 e. The monoisotopic (exact) mass is 972 g/mol. The van der Waals surface area contributed by atoms with Crippen LogP contribution in [0.3, 0.4) is 0 Å². The Kier molecular flexibility index (Phi) is 14.8. The van der Waals surface area contributed by atoms with E-state index in [4.69, 9.17) is 18.9 Å². The Labute approximate surface area is 420 Å². The van der Waals surface area contributed by atoms with E-state index >= 15 is 19.2 Å². The van der Waals surface area contributed by atoms with Crippen LogP contribution in [0.5, 0.6) is 11.5 Å². The van der Waals surface area contributed by atoms with Crippen LogP contribution in [0.15, 0.2) is 127 Å². The van der Waals surface area contributed by atoms with Crippen LogP contribution in [0.25, 0.3) is 0 Å². The van der Waals surface area contributed by atoms with E-state index in [1.807, 2.05) is 83.8 Å². The second-order valence-corrected chi connectivity index (χ2v) is 19.0. The number of aliphatic hydroxyl groups is 1. The molecule has 0 saturated carbocycles. The first-order chi connectivity index (χ1) is 35.0. The summed E-state index contributed by atoms with van der Waals surface area (Å²) in [4.78, 5) is 82.2. The summed E-state index contributed by atoms with van der Waals surface area (Å²) in [5.41, 5.74) is 1.52. The van der Waals surface area contributed by atoms with Gasteiger partial charge in [-0.1, -0.05) is 118 Å². The highest BCUT2D eigenvalue weighted by molar-refractivity contribution is 6.25. The molecular formula is C58H60N4O10. The molecule has 72 heavy (non-hydrogen) atoms. The quantitative estimate of drug-likeness (QED) is 0.0980. The summed E-state index contributed by atoms with van der Waals surface area (Å²) in [5, 5.41) is 12.7. The third kappa shape index (κ3) is 9.19. The zero-order chi connectivity index (χ0) is 50.5. The number of likely N-dealkylation sites (tertiary alicyclic amines) is 1. The van der Waals surface area contributed by atoms with E-state index in [0.717, 1.165) is 42.6 Å². The van der Waals surface area contributed by atoms with Crippen LogP contribution in [-0.2, 0) is 34.1 Å². The predicted octanol–water partition coefficient (Wildman–Crippen LogP) is 7.83. The number of anilines is 1. The Bertz CT molecular complexity index is 2860. The van der Waals surface area contributed by atoms with Crippen molar-refractivity contribution in [2.75, 3.05) is 45.4 Å². The molecule has 4 aliphatic heterocycles. The van der Waals surface area contributed by atoms with E-state index in [1.54, 1.807) is 74.4 Å². The number of amides is 4. The highest BCUT2D eigenvalue weighted by Gasteiger charge is 2.76. The Hall–Kier alpha value is -7.47. The number of morpholine rings is 1. The summed E-state index contributed by atoms with van der Waals surface area (Å²) in [7, 11) is 2.81. The number of hydrogen-bond donors (Lipinski definition) is 2. The Morgan fingerprint density at radius 1 is 0.750 bits per heavy atom. The highest BCUT2D eigenvalue weighted by Crippen LogP contribution is 2.66. The average Bonchev–Trinajstić information content (AvgIpc) is 3.85. The summed E-state index contributed by atoms with van der Waals surface area (Å²) in [5.74, 6) is 3.03. The lowest BCUT2D eigenvalue weighted by Gasteiger charge is -2.46. The van der Waals surface area contributed by atoms with Crippen molar-refractivity contribution < 1.29 is 48.0 Å². The SMILES string of the molecule is COC(=O)[C@@H](NC(=O)N1C(=O)[C@@]2(c3cc(C#Cc4ccc(OC)cc4)ccc31)[C@H](C(=O)N1CCCCCCC1)[C@H]1C(=O)O[C@H](c3ccccc3)[C@H](c3ccccc3)N1[C@@H]2c1cccc(OCCO)c1)C(C)C. The number of carbonyl (C=O) groups is 5. The van der Waals surface area contributed by atoms with Crippen molar-refractivity contribution in [2.24, 2.45) is 11.8 Å². The molecule has 5 aromatic rings. The molecular weight excluding hydrogens is 913 g/mol. The molecule has 4 aliphatic rings. The lowest BCUT2D eigenvalue weighted by atomic mass is 9.64. The number of nitrogens with one attached hydrogen (secondary N) is 1. The van der Waals surface area contributed by atoms with E-state index in [2.05, 4.69) is 17.2 Å². The number of cyclic esters (lactones) is 1. The number of esters is 2. The van der Waals surface area contributed by atoms with Crippen LogP contribution >= 0.6 is 0 Å². The molecule has 9 rings (SSSR count). The normalized spacial score (nSPS) is 23.2. The summed E-state index contributed by atoms with van der Waals surface area (Å²) in [6, 6.07) is 33.1. The molecule has 5 aromatic carbocycles. The first-order valence-corrected chi connectivity index (χ1v) is 24.8. The molecule has 3 fully saturated rings. The van der Waals surface area contributed by atoms with Gasteiger partial charge in [-0.15, -0.1) is 0 Å². The highest BCUT2D eigenvalue weighted by atomic mass is 16.6. The van der Waals surface area contributed by atoms with E-state index in [-0.39, 0.29) is 18.9 Å². The second-order valence-electron chi connectivity index (χ2n) is 19.0. The molecule has 0 bridgehead atoms. The number of benzene rings is 5. The zero-order valence-corrected chi connectivity index (χ0v) is 41.0. The van der Waals surface area contributed by atoms with Crippen molar-refractivity contribution in [2.45, 2.75) is 81.6 Å². The molecule has 7 atom stereocenters. The molecule has 3 saturated heterocycles. The molecule has 372 valence electrons. The minimum absolute atomic E-state index is 0.0279. The van der Waals surface area contributed by atoms with Gasteiger partial charge in [0, 0.05) is 24.2 Å². The van der Waals surface area contributed by atoms with Crippen molar-refractivity contribution >= 4 is 35.5 Å². The van der Waals surface area contributed by atoms with Gasteiger partial charge in [0.15, 0.2) is 0 Å². The first kappa shape index (κ1) is 49.5. The fourth-order valence-corrected chi connectivity index (χ4v) is 11.2. The van der Waals surface area contributed by atoms with Crippen molar-refractivity contribution in [1.29, 1.82) is 0 Å². The van der Waals surface area contributed by atoms with Crippen LogP contribution in [0.4, 0.5) is 10.5 Å². The van der Waals surface area contributed by atoms with E-state index in [9.17, 15) is 9.90 Å². The fraction of sp³-hybridized carbons (Fsp3) is 0.362. The number of carbonyl (C=O) groups excluding carboxylic acids is 5. The number of imide groups is 1. The Morgan fingerprint density at radius 3 is 2.04 bits per heavy atom. The Morgan fingerprint density at radius 2 is 1.39 bits per heavy atom. The first-order valence-electron chi connectivity index (χ1n) is 24.8. The number of aliphatic hydroxyl groups excluding tert-OH is 1. The standard InChI is InChI=1S/C58H60N4O10/c1-37(2)48(54(65)70-4)59-57(68)61-46-30-27-39(24-23-38-25-28-43(69-3)29-26-38)35-45(46)58(56(61)67)47(53(64)60-31-14-6-5-7-15-32-60)50-55(66)72-51(41-19-12-9-13-20-41)49(40-17-10-8-11-18-40)62(50)52(58)42-21-16-22-44(36-42)71-34-33-63/h8-13,16-22,25-30,35-37,47-52,63H,5-7,14-15,31-34H2,1-4H3,(H,59,68)/t47-,48-,49-,50-,51+,52+,58-/m0/s1. The minimum atomic E-state index is -2.06. The lowest BCUT2D eigenvalue weighted by molar-refractivity contribution is -0.179. The molecule has 4 heterocycles. The molecule has 1 spiro atoms. The van der Waals surface area contributed by atoms with Crippen molar-refractivity contribution in [3.8, 4) is 23.3 Å². The van der Waals surface area contributed by atoms with Gasteiger partial charge in [-0.3, -0.25) is 19.3 Å². The number of rotatable bonds is 11. The smallest absolute Gasteiger partial charge is 0.329 e. The molecule has 0 radical (unpaired) electrons. The van der Waals surface area contributed by atoms with Gasteiger partial charge in [0.2, 0.25) is 11.8 Å². The molecule has 0 unspecified atom stereocenters. The topological polar surface area (TPSA) is 164 Å². The van der Waals surface area contributed by atoms with Crippen LogP contribution in [-0.4, -0.2) is 97.3 Å². The van der Waals surface area contributed by atoms with Crippen LogP contribution in [0.1, 0.15) is 97.5 Å². The van der Waals surface area contributed by atoms with Crippen molar-refractivity contribution in [3.63, 3.8) is 0 Å². The predicted molar refractivity (Wildman–Crippen MR) is 269 cm³/mol. The van der Waals surface area contributed by atoms with E-state index < -0.39 is 77.3 Å². The third-order valence-corrected chi connectivity index (χ3v) is 14.5. The maximum absolute atomic E-state index is 16.9. The van der Waals surface area contributed by atoms with Gasteiger partial charge in [0.1, 0.15) is 41.7 Å². The second kappa shape index (κ2) is 21.5. The molecule has 2 N–H and O–H groups in total. The van der Waals surface area contributed by atoms with Gasteiger partial charge >= 0.3 is 18.0 Å². The van der Waals surface area contributed by atoms with Crippen LogP contribution in [0, 0.1) is 23.7 Å². The lowest BCUT2D eigenvalue weighted by Crippen LogP contribution is -2.58. The number of fused-ring (bicyclic) bond motifs is 3.